The van der Waals surface area contributed by atoms with Crippen LogP contribution in [0.15, 0.2) is 33.5 Å². The van der Waals surface area contributed by atoms with Gasteiger partial charge in [0.1, 0.15) is 0 Å². The molecular weight excluding hydrogens is 314 g/mol. The minimum absolute atomic E-state index is 0.0342. The molecule has 21 heavy (non-hydrogen) atoms. The van der Waals surface area contributed by atoms with Gasteiger partial charge in [0.2, 0.25) is 10.3 Å². The molecule has 0 saturated heterocycles. The van der Waals surface area contributed by atoms with Crippen LogP contribution in [-0.2, 0) is 10.3 Å². The number of hydrogen-bond donors (Lipinski definition) is 0. The van der Waals surface area contributed by atoms with Crippen LogP contribution in [-0.4, -0.2) is 24.2 Å². The quantitative estimate of drug-likeness (QED) is 0.630. The van der Waals surface area contributed by atoms with E-state index in [1.165, 1.54) is 12.3 Å². The first-order valence-electron chi connectivity index (χ1n) is 6.53. The van der Waals surface area contributed by atoms with Crippen molar-refractivity contribution < 1.29 is 17.7 Å². The Hall–Kier alpha value is -1.66. The maximum atomic E-state index is 12.6. The Morgan fingerprint density at radius 3 is 2.71 bits per heavy atom. The first-order chi connectivity index (χ1) is 10.0. The Kier molecular flexibility index (Phi) is 3.59. The lowest BCUT2D eigenvalue weighted by atomic mass is 9.87. The van der Waals surface area contributed by atoms with Crippen molar-refractivity contribution in [2.45, 2.75) is 25.7 Å². The fourth-order valence-corrected chi connectivity index (χ4v) is 3.51. The summed E-state index contributed by atoms with van der Waals surface area (Å²) in [6.07, 6.45) is 6.37. The SMILES string of the molecule is CC1C(C(=O)c2cnoc2C2CC2)=CC=C(Cl)C1=S(=O)=O. The number of nitrogens with zero attached hydrogens (tertiary/aromatic N) is 1. The number of allylic oxidation sites excluding steroid dienone is 4. The summed E-state index contributed by atoms with van der Waals surface area (Å²) in [5.41, 5.74) is 0.793. The van der Waals surface area contributed by atoms with E-state index in [1.807, 2.05) is 0 Å². The number of carbonyl (C=O) groups is 1. The largest absolute Gasteiger partial charge is 0.360 e. The van der Waals surface area contributed by atoms with E-state index >= 15 is 0 Å². The summed E-state index contributed by atoms with van der Waals surface area (Å²) >= 11 is 5.90. The predicted molar refractivity (Wildman–Crippen MR) is 77.9 cm³/mol. The van der Waals surface area contributed by atoms with Crippen LogP contribution < -0.4 is 0 Å². The van der Waals surface area contributed by atoms with E-state index in [0.717, 1.165) is 12.8 Å². The van der Waals surface area contributed by atoms with E-state index in [-0.39, 0.29) is 21.6 Å². The van der Waals surface area contributed by atoms with E-state index in [4.69, 9.17) is 16.1 Å². The van der Waals surface area contributed by atoms with Gasteiger partial charge < -0.3 is 4.52 Å². The van der Waals surface area contributed by atoms with Crippen LogP contribution in [0.3, 0.4) is 0 Å². The molecule has 0 aliphatic heterocycles. The molecule has 2 aliphatic rings. The molecule has 7 heteroatoms. The van der Waals surface area contributed by atoms with Gasteiger partial charge in [-0.05, 0) is 18.9 Å². The highest BCUT2D eigenvalue weighted by Crippen LogP contribution is 2.42. The van der Waals surface area contributed by atoms with Crippen molar-refractivity contribution in [3.8, 4) is 0 Å². The summed E-state index contributed by atoms with van der Waals surface area (Å²) < 4.78 is 27.7. The molecule has 110 valence electrons. The van der Waals surface area contributed by atoms with Gasteiger partial charge in [-0.1, -0.05) is 29.8 Å². The second-order valence-electron chi connectivity index (χ2n) is 5.16. The molecule has 0 spiro atoms. The van der Waals surface area contributed by atoms with Crippen LogP contribution in [0, 0.1) is 5.92 Å². The van der Waals surface area contributed by atoms with E-state index in [1.54, 1.807) is 13.0 Å². The average Bonchev–Trinajstić information content (AvgIpc) is 3.15. The maximum Gasteiger partial charge on any atom is 0.219 e. The van der Waals surface area contributed by atoms with Crippen LogP contribution in [0.25, 0.3) is 0 Å². The number of halogens is 1. The van der Waals surface area contributed by atoms with Crippen LogP contribution in [0.4, 0.5) is 0 Å². The Labute approximate surface area is 127 Å². The number of hydrogen-bond acceptors (Lipinski definition) is 5. The molecule has 0 bridgehead atoms. The van der Waals surface area contributed by atoms with Gasteiger partial charge >= 0.3 is 0 Å². The fraction of sp³-hybridized carbons (Fsp3) is 0.357. The van der Waals surface area contributed by atoms with Crippen molar-refractivity contribution in [1.82, 2.24) is 5.16 Å². The fourth-order valence-electron chi connectivity index (χ4n) is 2.45. The summed E-state index contributed by atoms with van der Waals surface area (Å²) in [6, 6.07) is 0. The Bertz CT molecular complexity index is 804. The highest BCUT2D eigenvalue weighted by Gasteiger charge is 2.35. The molecule has 0 N–H and O–H groups in total. The van der Waals surface area contributed by atoms with Crippen LogP contribution >= 0.6 is 11.6 Å². The second kappa shape index (κ2) is 5.27. The van der Waals surface area contributed by atoms with Gasteiger partial charge in [0.25, 0.3) is 0 Å². The van der Waals surface area contributed by atoms with E-state index < -0.39 is 16.2 Å². The van der Waals surface area contributed by atoms with E-state index in [9.17, 15) is 13.2 Å². The van der Waals surface area contributed by atoms with Crippen molar-refractivity contribution in [1.29, 1.82) is 0 Å². The highest BCUT2D eigenvalue weighted by atomic mass is 35.5. The molecule has 1 fully saturated rings. The summed E-state index contributed by atoms with van der Waals surface area (Å²) in [5, 5.41) is 3.84. The molecule has 1 atom stereocenters. The average molecular weight is 326 g/mol. The zero-order valence-electron chi connectivity index (χ0n) is 11.2. The Balaban J connectivity index is 2.02. The minimum atomic E-state index is -2.46. The molecule has 1 saturated carbocycles. The van der Waals surface area contributed by atoms with Crippen LogP contribution in [0.5, 0.6) is 0 Å². The van der Waals surface area contributed by atoms with Crippen molar-refractivity contribution in [3.05, 3.63) is 40.3 Å². The predicted octanol–water partition coefficient (Wildman–Crippen LogP) is 2.49. The standard InChI is InChI=1S/C14H12ClNO4S/c1-7-9(4-5-11(15)14(7)21(18)19)12(17)10-6-16-20-13(10)8-2-3-8/h4-8H,2-3H2,1H3. The first-order valence-corrected chi connectivity index (χ1v) is 7.99. The zero-order chi connectivity index (χ0) is 15.1. The first kappa shape index (κ1) is 14.3. The summed E-state index contributed by atoms with van der Waals surface area (Å²) in [7, 11) is -2.46. The third-order valence-electron chi connectivity index (χ3n) is 3.74. The summed E-state index contributed by atoms with van der Waals surface area (Å²) in [6.45, 7) is 1.65. The third-order valence-corrected chi connectivity index (χ3v) is 5.11. The molecule has 1 aromatic rings. The van der Waals surface area contributed by atoms with Gasteiger partial charge in [0, 0.05) is 17.4 Å². The monoisotopic (exact) mass is 325 g/mol. The number of rotatable bonds is 3. The highest BCUT2D eigenvalue weighted by molar-refractivity contribution is 7.73. The summed E-state index contributed by atoms with van der Waals surface area (Å²) in [4.78, 5) is 12.7. The van der Waals surface area contributed by atoms with Crippen molar-refractivity contribution >= 4 is 32.5 Å². The molecule has 3 rings (SSSR count). The number of ketones is 1. The molecule has 1 heterocycles. The second-order valence-corrected chi connectivity index (χ2v) is 6.48. The smallest absolute Gasteiger partial charge is 0.219 e. The molecule has 1 aromatic heterocycles. The van der Waals surface area contributed by atoms with Crippen molar-refractivity contribution in [3.63, 3.8) is 0 Å². The molecule has 0 amide bonds. The Morgan fingerprint density at radius 2 is 2.10 bits per heavy atom. The van der Waals surface area contributed by atoms with Crippen molar-refractivity contribution in [2.24, 2.45) is 5.92 Å². The molecule has 0 radical (unpaired) electrons. The summed E-state index contributed by atoms with van der Waals surface area (Å²) in [5.74, 6) is 0.00464. The van der Waals surface area contributed by atoms with Gasteiger partial charge in [-0.3, -0.25) is 4.79 Å². The maximum absolute atomic E-state index is 12.6. The molecule has 1 unspecified atom stereocenters. The van der Waals surface area contributed by atoms with Gasteiger partial charge in [-0.2, -0.15) is 8.42 Å². The van der Waals surface area contributed by atoms with Gasteiger partial charge in [-0.25, -0.2) is 0 Å². The number of carbonyl (C=O) groups excluding carboxylic acids is 1. The Morgan fingerprint density at radius 1 is 1.38 bits per heavy atom. The van der Waals surface area contributed by atoms with Crippen LogP contribution in [0.2, 0.25) is 0 Å². The van der Waals surface area contributed by atoms with E-state index in [2.05, 4.69) is 5.16 Å². The number of aromatic nitrogens is 1. The van der Waals surface area contributed by atoms with Crippen LogP contribution in [0.1, 0.15) is 41.8 Å². The van der Waals surface area contributed by atoms with Gasteiger partial charge in [0.15, 0.2) is 11.5 Å². The molecule has 2 aliphatic carbocycles. The molecular formula is C14H12ClNO4S. The lowest BCUT2D eigenvalue weighted by molar-refractivity contribution is 0.102. The third kappa shape index (κ3) is 2.49. The minimum Gasteiger partial charge on any atom is -0.360 e. The molecule has 0 aromatic carbocycles. The zero-order valence-corrected chi connectivity index (χ0v) is 12.7. The lowest BCUT2D eigenvalue weighted by Crippen LogP contribution is -2.23. The molecule has 5 nitrogen and oxygen atoms in total. The van der Waals surface area contributed by atoms with Gasteiger partial charge in [0.05, 0.1) is 21.7 Å². The topological polar surface area (TPSA) is 77.2 Å². The van der Waals surface area contributed by atoms with Crippen molar-refractivity contribution in [2.75, 3.05) is 0 Å². The van der Waals surface area contributed by atoms with E-state index in [0.29, 0.717) is 16.9 Å². The lowest BCUT2D eigenvalue weighted by Gasteiger charge is -2.18. The number of Topliss-reactive ketones (excluding diaryl/α,β-unsaturated/α-hetero) is 1. The van der Waals surface area contributed by atoms with Gasteiger partial charge in [-0.15, -0.1) is 0 Å². The normalized spacial score (nSPS) is 21.8.